The van der Waals surface area contributed by atoms with E-state index in [0.717, 1.165) is 0 Å². The summed E-state index contributed by atoms with van der Waals surface area (Å²) in [5.74, 6) is -1.39. The first-order valence-electron chi connectivity index (χ1n) is 9.79. The zero-order valence-corrected chi connectivity index (χ0v) is 19.3. The summed E-state index contributed by atoms with van der Waals surface area (Å²) in [6.07, 6.45) is 0.715. The second-order valence-corrected chi connectivity index (χ2v) is 8.52. The maximum Gasteiger partial charge on any atom is 0.343 e. The normalized spacial score (nSPS) is 10.3. The van der Waals surface area contributed by atoms with Gasteiger partial charge in [0.05, 0.1) is 17.4 Å². The average molecular weight is 498 g/mol. The smallest absolute Gasteiger partial charge is 0.343 e. The Labute approximate surface area is 201 Å². The number of carbonyl (C=O) groups excluding carboxylic acids is 2. The molecule has 0 aliphatic carbocycles. The van der Waals surface area contributed by atoms with Crippen LogP contribution in [0.3, 0.4) is 0 Å². The van der Waals surface area contributed by atoms with Crippen molar-refractivity contribution in [3.63, 3.8) is 0 Å². The Hall–Kier alpha value is -4.55. The number of nitrogens with one attached hydrogen (secondary N) is 3. The van der Waals surface area contributed by atoms with E-state index in [1.54, 1.807) is 42.5 Å². The number of hydrogen-bond donors (Lipinski definition) is 6. The number of ketones is 1. The molecule has 0 fully saturated rings. The predicted molar refractivity (Wildman–Crippen MR) is 132 cm³/mol. The molecule has 0 heterocycles. The highest BCUT2D eigenvalue weighted by atomic mass is 32.2. The van der Waals surface area contributed by atoms with Crippen molar-refractivity contribution in [3.8, 4) is 5.75 Å². The highest BCUT2D eigenvalue weighted by Gasteiger charge is 2.19. The van der Waals surface area contributed by atoms with Crippen LogP contribution in [-0.2, 0) is 10.1 Å². The molecular formula is C23H23N5O6S. The highest BCUT2D eigenvalue weighted by Crippen LogP contribution is 2.25. The third kappa shape index (κ3) is 8.72. The predicted octanol–water partition coefficient (Wildman–Crippen LogP) is 2.23. The molecule has 0 radical (unpaired) electrons. The van der Waals surface area contributed by atoms with Gasteiger partial charge in [0.25, 0.3) is 10.1 Å². The summed E-state index contributed by atoms with van der Waals surface area (Å²) in [5.41, 5.74) is 12.5. The van der Waals surface area contributed by atoms with E-state index >= 15 is 0 Å². The molecule has 0 atom stereocenters. The molecule has 3 rings (SSSR count). The van der Waals surface area contributed by atoms with Gasteiger partial charge in [-0.05, 0) is 42.5 Å². The van der Waals surface area contributed by atoms with Gasteiger partial charge in [0.15, 0.2) is 11.7 Å². The molecule has 0 bridgehead atoms. The van der Waals surface area contributed by atoms with Crippen LogP contribution in [0.4, 0.5) is 5.69 Å². The lowest BCUT2D eigenvalue weighted by Crippen LogP contribution is -2.20. The fraction of sp³-hybridized carbons (Fsp3) is 0.0435. The molecule has 3 aromatic rings. The van der Waals surface area contributed by atoms with E-state index in [4.69, 9.17) is 31.6 Å². The van der Waals surface area contributed by atoms with Crippen LogP contribution in [0, 0.1) is 10.8 Å². The van der Waals surface area contributed by atoms with Crippen molar-refractivity contribution >= 4 is 39.4 Å². The molecule has 0 aromatic heterocycles. The van der Waals surface area contributed by atoms with Gasteiger partial charge in [-0.2, -0.15) is 8.42 Å². The van der Waals surface area contributed by atoms with Crippen LogP contribution in [-0.4, -0.2) is 42.8 Å². The van der Waals surface area contributed by atoms with Gasteiger partial charge in [-0.15, -0.1) is 0 Å². The molecule has 35 heavy (non-hydrogen) atoms. The summed E-state index contributed by atoms with van der Waals surface area (Å²) in [6, 6.07) is 19.1. The first-order valence-corrected chi connectivity index (χ1v) is 11.6. The largest absolute Gasteiger partial charge is 0.422 e. The van der Waals surface area contributed by atoms with E-state index in [9.17, 15) is 18.0 Å². The number of carbonyl (C=O) groups is 2. The summed E-state index contributed by atoms with van der Waals surface area (Å²) in [5, 5.41) is 17.5. The van der Waals surface area contributed by atoms with E-state index in [0.29, 0.717) is 23.1 Å². The summed E-state index contributed by atoms with van der Waals surface area (Å²) < 4.78 is 31.3. The number of rotatable bonds is 6. The second-order valence-electron chi connectivity index (χ2n) is 7.06. The Balaban J connectivity index is 0.000000784. The third-order valence-electron chi connectivity index (χ3n) is 4.17. The molecule has 0 aliphatic heterocycles. The van der Waals surface area contributed by atoms with Crippen molar-refractivity contribution in [2.45, 2.75) is 0 Å². The number of amidine groups is 1. The van der Waals surface area contributed by atoms with E-state index in [2.05, 4.69) is 5.32 Å². The first kappa shape index (κ1) is 26.7. The Morgan fingerprint density at radius 3 is 1.94 bits per heavy atom. The topological polar surface area (TPSA) is 210 Å². The van der Waals surface area contributed by atoms with Gasteiger partial charge in [-0.25, -0.2) is 4.79 Å². The molecule has 0 saturated carbocycles. The number of esters is 1. The number of anilines is 1. The van der Waals surface area contributed by atoms with Crippen LogP contribution < -0.4 is 21.5 Å². The number of guanidine groups is 1. The van der Waals surface area contributed by atoms with Gasteiger partial charge in [-0.1, -0.05) is 30.3 Å². The lowest BCUT2D eigenvalue weighted by molar-refractivity contribution is 0.0733. The lowest BCUT2D eigenvalue weighted by atomic mass is 10.00. The van der Waals surface area contributed by atoms with E-state index < -0.39 is 16.1 Å². The molecular weight excluding hydrogens is 474 g/mol. The second kappa shape index (κ2) is 11.5. The fourth-order valence-electron chi connectivity index (χ4n) is 2.71. The molecule has 3 aromatic carbocycles. The SMILES string of the molecule is CS(=O)(=O)O.N=C(N)Nc1ccc(C(=O)Oc2ccc(C(=N)N)cc2C(=O)c2ccccc2)cc1. The fourth-order valence-corrected chi connectivity index (χ4v) is 2.71. The Bertz CT molecular complexity index is 1350. The number of hydrogen-bond acceptors (Lipinski definition) is 7. The van der Waals surface area contributed by atoms with Crippen LogP contribution in [0.5, 0.6) is 5.75 Å². The number of ether oxygens (including phenoxy) is 1. The van der Waals surface area contributed by atoms with E-state index in [1.807, 2.05) is 0 Å². The molecule has 0 aliphatic rings. The zero-order chi connectivity index (χ0) is 26.2. The van der Waals surface area contributed by atoms with Crippen LogP contribution in [0.15, 0.2) is 72.8 Å². The van der Waals surface area contributed by atoms with Crippen molar-refractivity contribution in [2.24, 2.45) is 11.5 Å². The van der Waals surface area contributed by atoms with Gasteiger partial charge in [0.1, 0.15) is 11.6 Å². The van der Waals surface area contributed by atoms with Crippen LogP contribution >= 0.6 is 0 Å². The van der Waals surface area contributed by atoms with Crippen LogP contribution in [0.2, 0.25) is 0 Å². The van der Waals surface area contributed by atoms with Crippen molar-refractivity contribution in [1.29, 1.82) is 10.8 Å². The standard InChI is InChI=1S/C22H19N5O3.CH4O3S/c23-20(24)15-8-11-18(17(12-15)19(28)13-4-2-1-3-5-13)30-21(29)14-6-9-16(10-7-14)27-22(25)26;1-5(2,3)4/h1-12H,(H3,23,24)(H4,25,26,27);1H3,(H,2,3,4). The minimum absolute atomic E-state index is 0.0600. The quantitative estimate of drug-likeness (QED) is 0.0735. The van der Waals surface area contributed by atoms with Gasteiger partial charge < -0.3 is 21.5 Å². The summed E-state index contributed by atoms with van der Waals surface area (Å²) >= 11 is 0. The first-order chi connectivity index (χ1) is 16.3. The van der Waals surface area contributed by atoms with Gasteiger partial charge in [0, 0.05) is 16.8 Å². The van der Waals surface area contributed by atoms with Crippen LogP contribution in [0.25, 0.3) is 0 Å². The number of nitrogens with two attached hydrogens (primary N) is 2. The molecule has 182 valence electrons. The van der Waals surface area contributed by atoms with Crippen molar-refractivity contribution in [3.05, 3.63) is 95.1 Å². The average Bonchev–Trinajstić information content (AvgIpc) is 2.78. The summed E-state index contributed by atoms with van der Waals surface area (Å²) in [4.78, 5) is 25.6. The maximum absolute atomic E-state index is 13.0. The Morgan fingerprint density at radius 2 is 1.43 bits per heavy atom. The van der Waals surface area contributed by atoms with Crippen molar-refractivity contribution in [2.75, 3.05) is 11.6 Å². The molecule has 11 nitrogen and oxygen atoms in total. The van der Waals surface area contributed by atoms with E-state index in [-0.39, 0.29) is 34.5 Å². The summed E-state index contributed by atoms with van der Waals surface area (Å²) in [6.45, 7) is 0. The lowest BCUT2D eigenvalue weighted by Gasteiger charge is -2.12. The maximum atomic E-state index is 13.0. The van der Waals surface area contributed by atoms with Crippen LogP contribution in [0.1, 0.15) is 31.8 Å². The molecule has 0 unspecified atom stereocenters. The van der Waals surface area contributed by atoms with E-state index in [1.165, 1.54) is 30.3 Å². The molecule has 0 spiro atoms. The molecule has 8 N–H and O–H groups in total. The third-order valence-corrected chi connectivity index (χ3v) is 4.17. The number of nitrogen functional groups attached to an aromatic ring is 1. The number of benzene rings is 3. The Morgan fingerprint density at radius 1 is 0.886 bits per heavy atom. The van der Waals surface area contributed by atoms with Crippen molar-refractivity contribution < 1.29 is 27.3 Å². The minimum atomic E-state index is -3.67. The van der Waals surface area contributed by atoms with Crippen molar-refractivity contribution in [1.82, 2.24) is 0 Å². The van der Waals surface area contributed by atoms with Gasteiger partial charge in [0.2, 0.25) is 0 Å². The monoisotopic (exact) mass is 497 g/mol. The minimum Gasteiger partial charge on any atom is -0.422 e. The zero-order valence-electron chi connectivity index (χ0n) is 18.5. The molecule has 0 amide bonds. The highest BCUT2D eigenvalue weighted by molar-refractivity contribution is 7.85. The molecule has 0 saturated heterocycles. The Kier molecular flexibility index (Phi) is 8.80. The van der Waals surface area contributed by atoms with Gasteiger partial charge >= 0.3 is 5.97 Å². The molecule has 12 heteroatoms. The summed E-state index contributed by atoms with van der Waals surface area (Å²) in [7, 11) is -3.67. The van der Waals surface area contributed by atoms with Gasteiger partial charge in [-0.3, -0.25) is 20.2 Å².